The van der Waals surface area contributed by atoms with Crippen LogP contribution in [0.2, 0.25) is 0 Å². The molecule has 2 aromatic rings. The molecule has 3 rings (SSSR count). The van der Waals surface area contributed by atoms with Gasteiger partial charge in [-0.15, -0.1) is 0 Å². The number of aromatic nitrogens is 3. The normalized spacial score (nSPS) is 18.4. The zero-order valence-corrected chi connectivity index (χ0v) is 14.8. The summed E-state index contributed by atoms with van der Waals surface area (Å²) in [6.45, 7) is 5.12. The second kappa shape index (κ2) is 7.04. The Kier molecular flexibility index (Phi) is 4.83. The van der Waals surface area contributed by atoms with Crippen LogP contribution in [-0.4, -0.2) is 56.5 Å². The highest BCUT2D eigenvalue weighted by Crippen LogP contribution is 2.25. The molecule has 7 heteroatoms. The molecule has 0 saturated carbocycles. The first-order chi connectivity index (χ1) is 12.0. The number of carbonyl (C=O) groups is 2. The van der Waals surface area contributed by atoms with Gasteiger partial charge in [0.15, 0.2) is 0 Å². The smallest absolute Gasteiger partial charge is 0.228 e. The second-order valence-electron chi connectivity index (χ2n) is 6.39. The zero-order valence-electron chi connectivity index (χ0n) is 14.8. The summed E-state index contributed by atoms with van der Waals surface area (Å²) in [6.07, 6.45) is 3.45. The van der Waals surface area contributed by atoms with Crippen molar-refractivity contribution < 1.29 is 9.59 Å². The summed E-state index contributed by atoms with van der Waals surface area (Å²) in [7, 11) is 1.80. The van der Waals surface area contributed by atoms with Gasteiger partial charge < -0.3 is 9.80 Å². The van der Waals surface area contributed by atoms with Crippen molar-refractivity contribution in [2.24, 2.45) is 5.92 Å². The van der Waals surface area contributed by atoms with E-state index in [4.69, 9.17) is 0 Å². The first-order valence-corrected chi connectivity index (χ1v) is 8.50. The Labute approximate surface area is 147 Å². The van der Waals surface area contributed by atoms with Crippen molar-refractivity contribution in [1.29, 1.82) is 0 Å². The summed E-state index contributed by atoms with van der Waals surface area (Å²) in [6, 6.07) is 7.82. The van der Waals surface area contributed by atoms with E-state index >= 15 is 0 Å². The molecule has 0 N–H and O–H groups in total. The minimum absolute atomic E-state index is 0.0251. The van der Waals surface area contributed by atoms with Crippen LogP contribution < -0.4 is 0 Å². The van der Waals surface area contributed by atoms with Gasteiger partial charge in [0.05, 0.1) is 17.6 Å². The fourth-order valence-electron chi connectivity index (χ4n) is 3.19. The van der Waals surface area contributed by atoms with E-state index in [1.165, 1.54) is 6.33 Å². The van der Waals surface area contributed by atoms with E-state index < -0.39 is 0 Å². The molecule has 0 bridgehead atoms. The maximum absolute atomic E-state index is 12.7. The maximum atomic E-state index is 12.7. The molecule has 2 amide bonds. The van der Waals surface area contributed by atoms with Crippen LogP contribution in [-0.2, 0) is 9.59 Å². The minimum Gasteiger partial charge on any atom is -0.342 e. The van der Waals surface area contributed by atoms with E-state index in [1.807, 2.05) is 38.1 Å². The fourth-order valence-corrected chi connectivity index (χ4v) is 3.19. The third-order valence-electron chi connectivity index (χ3n) is 4.93. The summed E-state index contributed by atoms with van der Waals surface area (Å²) >= 11 is 0. The number of nitrogens with zero attached hydrogens (tertiary/aromatic N) is 5. The number of hydrogen-bond acceptors (Lipinski definition) is 4. The van der Waals surface area contributed by atoms with Gasteiger partial charge in [0, 0.05) is 26.6 Å². The molecular weight excluding hydrogens is 318 g/mol. The molecular formula is C18H23N5O2. The van der Waals surface area contributed by atoms with Crippen LogP contribution in [0.25, 0.3) is 5.69 Å². The van der Waals surface area contributed by atoms with E-state index in [0.29, 0.717) is 19.5 Å². The SMILES string of the molecule is CCN1C[C@H](C(=O)N(C)[C@H](C)c2ccc(-n3cncn3)cc2)CC1=O. The van der Waals surface area contributed by atoms with Crippen molar-refractivity contribution in [2.45, 2.75) is 26.3 Å². The molecule has 1 aromatic heterocycles. The van der Waals surface area contributed by atoms with Crippen molar-refractivity contribution in [1.82, 2.24) is 24.6 Å². The molecule has 1 fully saturated rings. The number of benzene rings is 1. The first kappa shape index (κ1) is 17.1. The molecule has 1 aromatic carbocycles. The van der Waals surface area contributed by atoms with Crippen LogP contribution in [0.5, 0.6) is 0 Å². The predicted molar refractivity (Wildman–Crippen MR) is 92.9 cm³/mol. The summed E-state index contributed by atoms with van der Waals surface area (Å²) < 4.78 is 1.69. The fraction of sp³-hybridized carbons (Fsp3) is 0.444. The summed E-state index contributed by atoms with van der Waals surface area (Å²) in [5.74, 6) is -0.148. The lowest BCUT2D eigenvalue weighted by atomic mass is 10.0. The van der Waals surface area contributed by atoms with E-state index in [9.17, 15) is 9.59 Å². The van der Waals surface area contributed by atoms with Crippen LogP contribution in [0.4, 0.5) is 0 Å². The van der Waals surface area contributed by atoms with Gasteiger partial charge in [0.2, 0.25) is 11.8 Å². The van der Waals surface area contributed by atoms with Crippen LogP contribution >= 0.6 is 0 Å². The minimum atomic E-state index is -0.241. The average Bonchev–Trinajstić information content (AvgIpc) is 3.29. The lowest BCUT2D eigenvalue weighted by Crippen LogP contribution is -2.36. The topological polar surface area (TPSA) is 71.3 Å². The Morgan fingerprint density at radius 3 is 2.64 bits per heavy atom. The summed E-state index contributed by atoms with van der Waals surface area (Å²) in [5, 5.41) is 4.10. The molecule has 1 aliphatic heterocycles. The van der Waals surface area contributed by atoms with Crippen LogP contribution in [0, 0.1) is 5.92 Å². The van der Waals surface area contributed by atoms with Gasteiger partial charge in [-0.2, -0.15) is 5.10 Å². The lowest BCUT2D eigenvalue weighted by molar-refractivity contribution is -0.136. The number of amides is 2. The molecule has 0 unspecified atom stereocenters. The molecule has 1 saturated heterocycles. The number of rotatable bonds is 5. The van der Waals surface area contributed by atoms with E-state index in [-0.39, 0.29) is 23.8 Å². The second-order valence-corrected chi connectivity index (χ2v) is 6.39. The molecule has 0 spiro atoms. The highest BCUT2D eigenvalue weighted by atomic mass is 16.2. The molecule has 7 nitrogen and oxygen atoms in total. The molecule has 132 valence electrons. The van der Waals surface area contributed by atoms with Gasteiger partial charge >= 0.3 is 0 Å². The average molecular weight is 341 g/mol. The van der Waals surface area contributed by atoms with Crippen molar-refractivity contribution in [3.63, 3.8) is 0 Å². The van der Waals surface area contributed by atoms with Crippen molar-refractivity contribution >= 4 is 11.8 Å². The third kappa shape index (κ3) is 3.40. The number of likely N-dealkylation sites (tertiary alicyclic amines) is 1. The Balaban J connectivity index is 1.68. The van der Waals surface area contributed by atoms with E-state index in [1.54, 1.807) is 27.9 Å². The third-order valence-corrected chi connectivity index (χ3v) is 4.93. The molecule has 2 heterocycles. The lowest BCUT2D eigenvalue weighted by Gasteiger charge is -2.28. The first-order valence-electron chi connectivity index (χ1n) is 8.50. The Hall–Kier alpha value is -2.70. The zero-order chi connectivity index (χ0) is 18.0. The van der Waals surface area contributed by atoms with Gasteiger partial charge in [0.25, 0.3) is 0 Å². The summed E-state index contributed by atoms with van der Waals surface area (Å²) in [5.41, 5.74) is 1.96. The van der Waals surface area contributed by atoms with Crippen LogP contribution in [0.1, 0.15) is 31.9 Å². The molecule has 25 heavy (non-hydrogen) atoms. The quantitative estimate of drug-likeness (QED) is 0.829. The highest BCUT2D eigenvalue weighted by Gasteiger charge is 2.36. The van der Waals surface area contributed by atoms with E-state index in [0.717, 1.165) is 11.3 Å². The van der Waals surface area contributed by atoms with Gasteiger partial charge in [-0.1, -0.05) is 12.1 Å². The monoisotopic (exact) mass is 341 g/mol. The Morgan fingerprint density at radius 1 is 1.36 bits per heavy atom. The van der Waals surface area contributed by atoms with Gasteiger partial charge in [-0.25, -0.2) is 9.67 Å². The predicted octanol–water partition coefficient (Wildman–Crippen LogP) is 1.66. The summed E-state index contributed by atoms with van der Waals surface area (Å²) in [4.78, 5) is 32.0. The molecule has 0 aliphatic carbocycles. The van der Waals surface area contributed by atoms with Gasteiger partial charge in [0.1, 0.15) is 12.7 Å². The maximum Gasteiger partial charge on any atom is 0.228 e. The molecule has 0 radical (unpaired) electrons. The molecule has 2 atom stereocenters. The Morgan fingerprint density at radius 2 is 2.08 bits per heavy atom. The number of hydrogen-bond donors (Lipinski definition) is 0. The largest absolute Gasteiger partial charge is 0.342 e. The van der Waals surface area contributed by atoms with Crippen molar-refractivity contribution in [3.05, 3.63) is 42.5 Å². The van der Waals surface area contributed by atoms with Crippen LogP contribution in [0.3, 0.4) is 0 Å². The Bertz CT molecular complexity index is 741. The standard InChI is InChI=1S/C18H23N5O2/c1-4-22-10-15(9-17(22)24)18(25)21(3)13(2)14-5-7-16(8-6-14)23-12-19-11-20-23/h5-8,11-13,15H,4,9-10H2,1-3H3/t13-,15-/m1/s1. The number of carbonyl (C=O) groups excluding carboxylic acids is 2. The van der Waals surface area contributed by atoms with Gasteiger partial charge in [-0.3, -0.25) is 9.59 Å². The van der Waals surface area contributed by atoms with Gasteiger partial charge in [-0.05, 0) is 31.5 Å². The highest BCUT2D eigenvalue weighted by molar-refractivity contribution is 5.89. The van der Waals surface area contributed by atoms with E-state index in [2.05, 4.69) is 10.1 Å². The van der Waals surface area contributed by atoms with Crippen molar-refractivity contribution in [3.8, 4) is 5.69 Å². The van der Waals surface area contributed by atoms with Crippen LogP contribution in [0.15, 0.2) is 36.9 Å². The van der Waals surface area contributed by atoms with Crippen molar-refractivity contribution in [2.75, 3.05) is 20.1 Å². The molecule has 1 aliphatic rings.